The molecule has 0 aliphatic carbocycles. The monoisotopic (exact) mass is 293 g/mol. The van der Waals surface area contributed by atoms with E-state index in [0.717, 1.165) is 31.0 Å². The summed E-state index contributed by atoms with van der Waals surface area (Å²) >= 11 is 0. The Morgan fingerprint density at radius 2 is 1.77 bits per heavy atom. The van der Waals surface area contributed by atoms with Crippen molar-refractivity contribution in [3.63, 3.8) is 0 Å². The molecule has 0 atom stereocenters. The number of benzene rings is 1. The van der Waals surface area contributed by atoms with Gasteiger partial charge in [0.05, 0.1) is 5.69 Å². The van der Waals surface area contributed by atoms with Crippen LogP contribution in [0.2, 0.25) is 0 Å². The van der Waals surface area contributed by atoms with Gasteiger partial charge in [0.2, 0.25) is 0 Å². The summed E-state index contributed by atoms with van der Waals surface area (Å²) in [4.78, 5) is 7.22. The van der Waals surface area contributed by atoms with E-state index >= 15 is 0 Å². The molecule has 0 bridgehead atoms. The Kier molecular flexibility index (Phi) is 4.25. The predicted molar refractivity (Wildman–Crippen MR) is 90.9 cm³/mol. The van der Waals surface area contributed by atoms with Gasteiger partial charge in [-0.15, -0.1) is 0 Å². The molecule has 0 spiro atoms. The summed E-state index contributed by atoms with van der Waals surface area (Å²) in [5.74, 6) is 0. The van der Waals surface area contributed by atoms with Crippen molar-refractivity contribution < 1.29 is 0 Å². The van der Waals surface area contributed by atoms with Gasteiger partial charge in [-0.1, -0.05) is 37.3 Å². The number of aromatic nitrogens is 2. The molecule has 0 unspecified atom stereocenters. The third kappa shape index (κ3) is 3.04. The van der Waals surface area contributed by atoms with Gasteiger partial charge in [-0.3, -0.25) is 4.90 Å². The maximum absolute atomic E-state index is 4.79. The van der Waals surface area contributed by atoms with Gasteiger partial charge in [0.15, 0.2) is 0 Å². The molecule has 114 valence electrons. The van der Waals surface area contributed by atoms with Crippen molar-refractivity contribution in [1.29, 1.82) is 0 Å². The van der Waals surface area contributed by atoms with Gasteiger partial charge in [0.25, 0.3) is 0 Å². The number of fused-ring (bicyclic) bond motifs is 1. The standard InChI is InChI=1S/C19H23N3/c1-4-21(12-17-10-6-5-8-15(17)2)13-18-14-22-11-7-9-16(3)19(22)20-18/h5-11,14H,4,12-13H2,1-3H3. The maximum Gasteiger partial charge on any atom is 0.139 e. The number of hydrogen-bond acceptors (Lipinski definition) is 2. The van der Waals surface area contributed by atoms with Gasteiger partial charge in [-0.2, -0.15) is 0 Å². The highest BCUT2D eigenvalue weighted by molar-refractivity contribution is 5.47. The molecular weight excluding hydrogens is 270 g/mol. The van der Waals surface area contributed by atoms with Crippen LogP contribution in [0.5, 0.6) is 0 Å². The molecule has 0 fully saturated rings. The summed E-state index contributed by atoms with van der Waals surface area (Å²) < 4.78 is 2.12. The molecule has 3 nitrogen and oxygen atoms in total. The molecule has 1 aromatic carbocycles. The number of aryl methyl sites for hydroxylation is 2. The molecule has 2 heterocycles. The normalized spacial score (nSPS) is 11.5. The van der Waals surface area contributed by atoms with Crippen LogP contribution in [0.3, 0.4) is 0 Å². The average Bonchev–Trinajstić information content (AvgIpc) is 2.93. The van der Waals surface area contributed by atoms with Crippen LogP contribution in [0.15, 0.2) is 48.8 Å². The Balaban J connectivity index is 1.79. The van der Waals surface area contributed by atoms with Crippen molar-refractivity contribution >= 4 is 5.65 Å². The Labute approximate surface area is 132 Å². The van der Waals surface area contributed by atoms with E-state index < -0.39 is 0 Å². The lowest BCUT2D eigenvalue weighted by atomic mass is 10.1. The van der Waals surface area contributed by atoms with Crippen molar-refractivity contribution in [2.75, 3.05) is 6.54 Å². The SMILES string of the molecule is CCN(Cc1cn2cccc(C)c2n1)Cc1ccccc1C. The molecule has 0 saturated heterocycles. The molecule has 22 heavy (non-hydrogen) atoms. The van der Waals surface area contributed by atoms with Crippen molar-refractivity contribution in [1.82, 2.24) is 14.3 Å². The summed E-state index contributed by atoms with van der Waals surface area (Å²) in [6, 6.07) is 12.8. The minimum absolute atomic E-state index is 0.881. The number of imidazole rings is 1. The highest BCUT2D eigenvalue weighted by Gasteiger charge is 2.10. The van der Waals surface area contributed by atoms with Crippen LogP contribution < -0.4 is 0 Å². The molecule has 0 N–H and O–H groups in total. The van der Waals surface area contributed by atoms with Crippen LogP contribution in [0.25, 0.3) is 5.65 Å². The molecule has 0 amide bonds. The largest absolute Gasteiger partial charge is 0.307 e. The van der Waals surface area contributed by atoms with E-state index in [-0.39, 0.29) is 0 Å². The summed E-state index contributed by atoms with van der Waals surface area (Å²) in [5, 5.41) is 0. The van der Waals surface area contributed by atoms with Crippen molar-refractivity contribution in [3.8, 4) is 0 Å². The van der Waals surface area contributed by atoms with Crippen LogP contribution in [0, 0.1) is 13.8 Å². The van der Waals surface area contributed by atoms with Crippen LogP contribution in [0.1, 0.15) is 29.3 Å². The van der Waals surface area contributed by atoms with E-state index in [1.807, 2.05) is 0 Å². The Hall–Kier alpha value is -2.13. The van der Waals surface area contributed by atoms with Gasteiger partial charge in [-0.05, 0) is 43.1 Å². The number of pyridine rings is 1. The van der Waals surface area contributed by atoms with Crippen LogP contribution in [-0.4, -0.2) is 20.8 Å². The van der Waals surface area contributed by atoms with E-state index in [2.05, 4.69) is 78.9 Å². The fourth-order valence-electron chi connectivity index (χ4n) is 2.82. The second-order valence-electron chi connectivity index (χ2n) is 5.88. The quantitative estimate of drug-likeness (QED) is 0.709. The zero-order chi connectivity index (χ0) is 15.5. The molecule has 3 heteroatoms. The minimum Gasteiger partial charge on any atom is -0.307 e. The van der Waals surface area contributed by atoms with Gasteiger partial charge in [0.1, 0.15) is 5.65 Å². The number of hydrogen-bond donors (Lipinski definition) is 0. The summed E-state index contributed by atoms with van der Waals surface area (Å²) in [6.07, 6.45) is 4.21. The van der Waals surface area contributed by atoms with Crippen molar-refractivity contribution in [2.45, 2.75) is 33.9 Å². The van der Waals surface area contributed by atoms with Crippen LogP contribution in [-0.2, 0) is 13.1 Å². The Morgan fingerprint density at radius 1 is 1.00 bits per heavy atom. The van der Waals surface area contributed by atoms with Crippen molar-refractivity contribution in [3.05, 3.63) is 71.2 Å². The third-order valence-corrected chi connectivity index (χ3v) is 4.22. The van der Waals surface area contributed by atoms with Gasteiger partial charge >= 0.3 is 0 Å². The predicted octanol–water partition coefficient (Wildman–Crippen LogP) is 3.97. The summed E-state index contributed by atoms with van der Waals surface area (Å²) in [6.45, 7) is 9.36. The fourth-order valence-corrected chi connectivity index (χ4v) is 2.82. The Morgan fingerprint density at radius 3 is 2.50 bits per heavy atom. The molecule has 0 radical (unpaired) electrons. The molecule has 0 aliphatic rings. The van der Waals surface area contributed by atoms with Gasteiger partial charge < -0.3 is 4.40 Å². The first kappa shape index (κ1) is 14.8. The van der Waals surface area contributed by atoms with E-state index in [9.17, 15) is 0 Å². The first-order chi connectivity index (χ1) is 10.7. The average molecular weight is 293 g/mol. The topological polar surface area (TPSA) is 20.5 Å². The number of rotatable bonds is 5. The molecule has 0 aliphatic heterocycles. The highest BCUT2D eigenvalue weighted by Crippen LogP contribution is 2.15. The Bertz CT molecular complexity index is 773. The third-order valence-electron chi connectivity index (χ3n) is 4.22. The van der Waals surface area contributed by atoms with E-state index in [4.69, 9.17) is 4.98 Å². The van der Waals surface area contributed by atoms with Gasteiger partial charge in [-0.25, -0.2) is 4.98 Å². The molecule has 2 aromatic heterocycles. The molecule has 3 rings (SSSR count). The van der Waals surface area contributed by atoms with Crippen LogP contribution in [0.4, 0.5) is 0 Å². The van der Waals surface area contributed by atoms with Crippen molar-refractivity contribution in [2.24, 2.45) is 0 Å². The van der Waals surface area contributed by atoms with E-state index in [0.29, 0.717) is 0 Å². The lowest BCUT2D eigenvalue weighted by Gasteiger charge is -2.20. The molecule has 0 saturated carbocycles. The molecule has 3 aromatic rings. The smallest absolute Gasteiger partial charge is 0.139 e. The lowest BCUT2D eigenvalue weighted by Crippen LogP contribution is -2.22. The zero-order valence-electron chi connectivity index (χ0n) is 13.6. The first-order valence-corrected chi connectivity index (χ1v) is 7.87. The second-order valence-corrected chi connectivity index (χ2v) is 5.88. The molecular formula is C19H23N3. The van der Waals surface area contributed by atoms with Gasteiger partial charge in [0, 0.05) is 25.5 Å². The second kappa shape index (κ2) is 6.32. The lowest BCUT2D eigenvalue weighted by molar-refractivity contribution is 0.268. The van der Waals surface area contributed by atoms with E-state index in [1.165, 1.54) is 16.7 Å². The first-order valence-electron chi connectivity index (χ1n) is 7.87. The van der Waals surface area contributed by atoms with E-state index in [1.54, 1.807) is 0 Å². The zero-order valence-corrected chi connectivity index (χ0v) is 13.6. The summed E-state index contributed by atoms with van der Waals surface area (Å²) in [5.41, 5.74) is 6.15. The minimum atomic E-state index is 0.881. The number of nitrogens with zero attached hydrogens (tertiary/aromatic N) is 3. The fraction of sp³-hybridized carbons (Fsp3) is 0.316. The maximum atomic E-state index is 4.79. The van der Waals surface area contributed by atoms with Crippen LogP contribution >= 0.6 is 0 Å². The summed E-state index contributed by atoms with van der Waals surface area (Å²) in [7, 11) is 0. The highest BCUT2D eigenvalue weighted by atomic mass is 15.1.